The predicted octanol–water partition coefficient (Wildman–Crippen LogP) is 21.4. The Balaban J connectivity index is 4.35. The molecule has 0 spiro atoms. The van der Waals surface area contributed by atoms with Gasteiger partial charge in [-0.25, -0.2) is 0 Å². The third-order valence-corrected chi connectivity index (χ3v) is 13.3. The summed E-state index contributed by atoms with van der Waals surface area (Å²) in [5.41, 5.74) is 0. The van der Waals surface area contributed by atoms with Crippen LogP contribution in [0, 0.1) is 0 Å². The average molecular weight is 1040 g/mol. The first-order valence-electron chi connectivity index (χ1n) is 31.4. The minimum absolute atomic E-state index is 0.107. The number of carbonyl (C=O) groups excluding carboxylic acids is 3. The van der Waals surface area contributed by atoms with Crippen molar-refractivity contribution in [1.29, 1.82) is 0 Å². The van der Waals surface area contributed by atoms with Crippen molar-refractivity contribution in [3.63, 3.8) is 0 Å². The van der Waals surface area contributed by atoms with Crippen LogP contribution in [0.3, 0.4) is 0 Å². The Bertz CT molecular complexity index is 1520. The predicted molar refractivity (Wildman–Crippen MR) is 325 cm³/mol. The minimum atomic E-state index is -0.819. The Hall–Kier alpha value is -3.93. The molecule has 75 heavy (non-hydrogen) atoms. The molecule has 428 valence electrons. The molecule has 0 saturated carbocycles. The zero-order valence-corrected chi connectivity index (χ0v) is 49.0. The van der Waals surface area contributed by atoms with Gasteiger partial charge in [0.15, 0.2) is 6.10 Å². The lowest BCUT2D eigenvalue weighted by molar-refractivity contribution is -0.166. The summed E-state index contributed by atoms with van der Waals surface area (Å²) >= 11 is 0. The van der Waals surface area contributed by atoms with Crippen molar-refractivity contribution in [1.82, 2.24) is 0 Å². The first-order chi connectivity index (χ1) is 37.0. The average Bonchev–Trinajstić information content (AvgIpc) is 3.41. The molecule has 0 aliphatic heterocycles. The van der Waals surface area contributed by atoms with Crippen molar-refractivity contribution in [2.24, 2.45) is 0 Å². The van der Waals surface area contributed by atoms with E-state index in [1.165, 1.54) is 154 Å². The van der Waals surface area contributed by atoms with E-state index in [9.17, 15) is 14.4 Å². The quantitative estimate of drug-likeness (QED) is 0.0261. The van der Waals surface area contributed by atoms with Gasteiger partial charge in [0.05, 0.1) is 0 Å². The van der Waals surface area contributed by atoms with Gasteiger partial charge in [0, 0.05) is 19.3 Å². The Morgan fingerprint density at radius 1 is 0.280 bits per heavy atom. The Labute approximate surface area is 463 Å². The molecule has 0 rings (SSSR count). The molecule has 6 heteroatoms. The molecule has 0 aromatic heterocycles. The Kier molecular flexibility index (Phi) is 59.3. The van der Waals surface area contributed by atoms with E-state index >= 15 is 0 Å². The van der Waals surface area contributed by atoms with Crippen LogP contribution in [0.5, 0.6) is 0 Å². The van der Waals surface area contributed by atoms with Crippen LogP contribution in [-0.2, 0) is 28.6 Å². The molecule has 0 heterocycles. The van der Waals surface area contributed by atoms with Gasteiger partial charge in [-0.1, -0.05) is 284 Å². The molecule has 1 unspecified atom stereocenters. The van der Waals surface area contributed by atoms with E-state index < -0.39 is 12.1 Å². The summed E-state index contributed by atoms with van der Waals surface area (Å²) in [5, 5.41) is 0. The van der Waals surface area contributed by atoms with Gasteiger partial charge < -0.3 is 14.2 Å². The van der Waals surface area contributed by atoms with Gasteiger partial charge >= 0.3 is 17.9 Å². The minimum Gasteiger partial charge on any atom is -0.462 e. The number of esters is 3. The third-order valence-electron chi connectivity index (χ3n) is 13.3. The van der Waals surface area contributed by atoms with Crippen molar-refractivity contribution < 1.29 is 28.6 Å². The van der Waals surface area contributed by atoms with Crippen LogP contribution >= 0.6 is 0 Å². The van der Waals surface area contributed by atoms with E-state index in [4.69, 9.17) is 14.2 Å². The molecule has 0 aromatic rings. The lowest BCUT2D eigenvalue weighted by Gasteiger charge is -2.18. The second-order valence-corrected chi connectivity index (χ2v) is 20.6. The van der Waals surface area contributed by atoms with Crippen LogP contribution in [0.4, 0.5) is 0 Å². The summed E-state index contributed by atoms with van der Waals surface area (Å²) in [4.78, 5) is 38.2. The van der Waals surface area contributed by atoms with E-state index in [1.54, 1.807) is 0 Å². The number of unbranched alkanes of at least 4 members (excludes halogenated alkanes) is 27. The first-order valence-corrected chi connectivity index (χ1v) is 31.4. The zero-order valence-electron chi connectivity index (χ0n) is 49.0. The summed E-state index contributed by atoms with van der Waals surface area (Å²) in [6, 6.07) is 0. The molecule has 0 bridgehead atoms. The number of rotatable bonds is 56. The summed E-state index contributed by atoms with van der Waals surface area (Å²) in [6.45, 7) is 6.46. The molecule has 0 amide bonds. The standard InChI is InChI=1S/C69H116O6/c1-4-7-10-13-16-19-22-24-26-28-30-31-32-33-34-35-36-37-39-40-42-44-47-50-53-56-59-62-68(71)74-65-66(64-73-67(70)61-58-55-52-49-46-21-18-15-12-9-6-3)75-69(72)63-60-57-54-51-48-45-43-41-38-29-27-25-23-20-17-14-11-8-5-2/h8,11,17,20,22,24-25,27-28,30,32-33,38,41,45,48,54,57,66H,4-7,9-10,12-16,18-19,21,23,26,29,31,34-37,39-40,42-44,46-47,49-53,55-56,58-65H2,1-3H3/b11-8-,20-17-,24-22-,27-25-,30-28-,33-32-,41-38-,48-45-,57-54-. The highest BCUT2D eigenvalue weighted by molar-refractivity contribution is 5.71. The van der Waals surface area contributed by atoms with Gasteiger partial charge in [0.1, 0.15) is 13.2 Å². The first kappa shape index (κ1) is 71.1. The maximum atomic E-state index is 12.8. The van der Waals surface area contributed by atoms with Gasteiger partial charge in [-0.2, -0.15) is 0 Å². The lowest BCUT2D eigenvalue weighted by atomic mass is 10.0. The van der Waals surface area contributed by atoms with Crippen LogP contribution in [0.25, 0.3) is 0 Å². The molecular weight excluding hydrogens is 925 g/mol. The summed E-state index contributed by atoms with van der Waals surface area (Å²) in [7, 11) is 0. The van der Waals surface area contributed by atoms with E-state index in [0.717, 1.165) is 89.9 Å². The van der Waals surface area contributed by atoms with Gasteiger partial charge in [-0.3, -0.25) is 14.4 Å². The number of hydrogen-bond acceptors (Lipinski definition) is 6. The van der Waals surface area contributed by atoms with E-state index in [-0.39, 0.29) is 31.6 Å². The third kappa shape index (κ3) is 60.8. The zero-order chi connectivity index (χ0) is 54.3. The molecule has 0 radical (unpaired) electrons. The fraction of sp³-hybridized carbons (Fsp3) is 0.696. The molecule has 1 atom stereocenters. The van der Waals surface area contributed by atoms with Crippen LogP contribution < -0.4 is 0 Å². The maximum absolute atomic E-state index is 12.8. The van der Waals surface area contributed by atoms with Crippen molar-refractivity contribution in [3.05, 3.63) is 109 Å². The highest BCUT2D eigenvalue weighted by Gasteiger charge is 2.19. The number of carbonyl (C=O) groups is 3. The van der Waals surface area contributed by atoms with E-state index in [0.29, 0.717) is 19.3 Å². The molecule has 0 aliphatic rings. The maximum Gasteiger partial charge on any atom is 0.306 e. The molecule has 6 nitrogen and oxygen atoms in total. The smallest absolute Gasteiger partial charge is 0.306 e. The van der Waals surface area contributed by atoms with Gasteiger partial charge in [-0.05, 0) is 96.3 Å². The number of hydrogen-bond donors (Lipinski definition) is 0. The molecule has 0 N–H and O–H groups in total. The second-order valence-electron chi connectivity index (χ2n) is 20.6. The summed E-state index contributed by atoms with van der Waals surface area (Å²) < 4.78 is 16.8. The second kappa shape index (κ2) is 62.6. The van der Waals surface area contributed by atoms with Crippen LogP contribution in [0.15, 0.2) is 109 Å². The van der Waals surface area contributed by atoms with Crippen molar-refractivity contribution in [2.45, 2.75) is 297 Å². The number of allylic oxidation sites excluding steroid dienone is 18. The fourth-order valence-corrected chi connectivity index (χ4v) is 8.59. The van der Waals surface area contributed by atoms with Crippen molar-refractivity contribution in [3.8, 4) is 0 Å². The highest BCUT2D eigenvalue weighted by atomic mass is 16.6. The summed E-state index contributed by atoms with van der Waals surface area (Å²) in [5.74, 6) is -0.990. The topological polar surface area (TPSA) is 78.9 Å². The van der Waals surface area contributed by atoms with Crippen LogP contribution in [0.1, 0.15) is 290 Å². The molecule has 0 saturated heterocycles. The fourth-order valence-electron chi connectivity index (χ4n) is 8.59. The number of ether oxygens (including phenoxy) is 3. The SMILES string of the molecule is CC/C=C\C/C=C\C/C=C\C/C=C\C/C=C\C/C=C\CCC(=O)OC(COC(=O)CCCCCCCCCCCCC)COC(=O)CCCCCCCCCCCCCC/C=C\C/C=C\C/C=C\CCCCCCC. The van der Waals surface area contributed by atoms with Gasteiger partial charge in [0.2, 0.25) is 0 Å². The molecule has 0 aromatic carbocycles. The van der Waals surface area contributed by atoms with Crippen molar-refractivity contribution in [2.75, 3.05) is 13.2 Å². The molecule has 0 fully saturated rings. The molecule has 0 aliphatic carbocycles. The van der Waals surface area contributed by atoms with Crippen LogP contribution in [-0.4, -0.2) is 37.2 Å². The lowest BCUT2D eigenvalue weighted by Crippen LogP contribution is -2.30. The largest absolute Gasteiger partial charge is 0.462 e. The van der Waals surface area contributed by atoms with Crippen LogP contribution in [0.2, 0.25) is 0 Å². The summed E-state index contributed by atoms with van der Waals surface area (Å²) in [6.07, 6.45) is 85.4. The Morgan fingerprint density at radius 2 is 0.547 bits per heavy atom. The normalized spacial score (nSPS) is 12.8. The van der Waals surface area contributed by atoms with E-state index in [1.807, 2.05) is 6.08 Å². The molecular formula is C69H116O6. The van der Waals surface area contributed by atoms with Crippen molar-refractivity contribution >= 4 is 17.9 Å². The Morgan fingerprint density at radius 3 is 0.867 bits per heavy atom. The van der Waals surface area contributed by atoms with Gasteiger partial charge in [0.25, 0.3) is 0 Å². The monoisotopic (exact) mass is 1040 g/mol. The van der Waals surface area contributed by atoms with E-state index in [2.05, 4.69) is 124 Å². The van der Waals surface area contributed by atoms with Gasteiger partial charge in [-0.15, -0.1) is 0 Å². The highest BCUT2D eigenvalue weighted by Crippen LogP contribution is 2.16.